The van der Waals surface area contributed by atoms with Gasteiger partial charge in [0.25, 0.3) is 11.8 Å². The number of carbonyl (C=O) groups is 3. The van der Waals surface area contributed by atoms with Crippen LogP contribution in [0.1, 0.15) is 70.3 Å². The SMILES string of the molecule is CCOC(=O)c1c(NC(=O)c2ccc(OC(C)C(=O)NN=Cc3ccc(O)c(OCC)c3)cc2)sc2c1CCCC2. The highest BCUT2D eigenvalue weighted by Crippen LogP contribution is 2.39. The van der Waals surface area contributed by atoms with Gasteiger partial charge in [-0.15, -0.1) is 11.3 Å². The first-order valence-corrected chi connectivity index (χ1v) is 14.3. The fourth-order valence-electron chi connectivity index (χ4n) is 4.33. The van der Waals surface area contributed by atoms with Crippen molar-refractivity contribution in [2.45, 2.75) is 52.6 Å². The van der Waals surface area contributed by atoms with Gasteiger partial charge in [0.1, 0.15) is 10.8 Å². The number of hydrazone groups is 1. The number of benzene rings is 2. The quantitative estimate of drug-likeness (QED) is 0.164. The number of esters is 1. The van der Waals surface area contributed by atoms with Gasteiger partial charge in [0.05, 0.1) is 25.0 Å². The minimum absolute atomic E-state index is 0.0187. The molecule has 41 heavy (non-hydrogen) atoms. The third kappa shape index (κ3) is 7.43. The van der Waals surface area contributed by atoms with Crippen LogP contribution in [0.3, 0.4) is 0 Å². The Balaban J connectivity index is 1.34. The minimum atomic E-state index is -0.866. The Labute approximate surface area is 242 Å². The summed E-state index contributed by atoms with van der Waals surface area (Å²) in [6, 6.07) is 11.1. The molecular formula is C30H33N3O7S. The highest BCUT2D eigenvalue weighted by Gasteiger charge is 2.27. The Kier molecular flexibility index (Phi) is 9.96. The molecule has 1 aromatic heterocycles. The van der Waals surface area contributed by atoms with E-state index in [4.69, 9.17) is 14.2 Å². The molecule has 3 N–H and O–H groups in total. The summed E-state index contributed by atoms with van der Waals surface area (Å²) < 4.78 is 16.3. The first kappa shape index (κ1) is 29.6. The molecule has 2 aromatic carbocycles. The molecule has 4 rings (SSSR count). The molecule has 0 aliphatic heterocycles. The fraction of sp³-hybridized carbons (Fsp3) is 0.333. The molecule has 1 aliphatic rings. The number of ether oxygens (including phenoxy) is 3. The van der Waals surface area contributed by atoms with Crippen molar-refractivity contribution in [1.29, 1.82) is 0 Å². The largest absolute Gasteiger partial charge is 0.504 e. The highest BCUT2D eigenvalue weighted by atomic mass is 32.1. The number of hydrogen-bond donors (Lipinski definition) is 3. The number of amides is 2. The van der Waals surface area contributed by atoms with Gasteiger partial charge in [-0.2, -0.15) is 5.10 Å². The summed E-state index contributed by atoms with van der Waals surface area (Å²) in [7, 11) is 0. The highest BCUT2D eigenvalue weighted by molar-refractivity contribution is 7.17. The summed E-state index contributed by atoms with van der Waals surface area (Å²) in [5.74, 6) is -0.508. The number of carbonyl (C=O) groups excluding carboxylic acids is 3. The van der Waals surface area contributed by atoms with Crippen LogP contribution < -0.4 is 20.2 Å². The van der Waals surface area contributed by atoms with E-state index in [0.717, 1.165) is 36.1 Å². The third-order valence-electron chi connectivity index (χ3n) is 6.35. The molecule has 0 saturated heterocycles. The Morgan fingerprint density at radius 3 is 2.56 bits per heavy atom. The van der Waals surface area contributed by atoms with E-state index in [9.17, 15) is 19.5 Å². The molecule has 0 fully saturated rings. The summed E-state index contributed by atoms with van der Waals surface area (Å²) in [5.41, 5.74) is 4.87. The lowest BCUT2D eigenvalue weighted by atomic mass is 9.95. The zero-order valence-electron chi connectivity index (χ0n) is 23.2. The van der Waals surface area contributed by atoms with Crippen molar-refractivity contribution in [3.63, 3.8) is 0 Å². The van der Waals surface area contributed by atoms with Gasteiger partial charge >= 0.3 is 5.97 Å². The van der Waals surface area contributed by atoms with Gasteiger partial charge in [-0.3, -0.25) is 9.59 Å². The van der Waals surface area contributed by atoms with Crippen molar-refractivity contribution in [3.8, 4) is 17.2 Å². The van der Waals surface area contributed by atoms with Crippen molar-refractivity contribution in [2.24, 2.45) is 5.10 Å². The maximum atomic E-state index is 13.0. The Morgan fingerprint density at radius 2 is 1.83 bits per heavy atom. The summed E-state index contributed by atoms with van der Waals surface area (Å²) in [4.78, 5) is 39.2. The molecular weight excluding hydrogens is 546 g/mol. The second kappa shape index (κ2) is 13.8. The van der Waals surface area contributed by atoms with E-state index in [2.05, 4.69) is 15.8 Å². The number of aromatic hydroxyl groups is 1. The van der Waals surface area contributed by atoms with Crippen molar-refractivity contribution in [2.75, 3.05) is 18.5 Å². The summed E-state index contributed by atoms with van der Waals surface area (Å²) in [6.45, 7) is 5.80. The molecule has 0 radical (unpaired) electrons. The molecule has 3 aromatic rings. The van der Waals surface area contributed by atoms with Gasteiger partial charge in [-0.1, -0.05) is 0 Å². The number of hydrogen-bond acceptors (Lipinski definition) is 9. The maximum absolute atomic E-state index is 13.0. The molecule has 2 amide bonds. The van der Waals surface area contributed by atoms with Crippen LogP contribution in [0.5, 0.6) is 17.2 Å². The molecule has 216 valence electrons. The standard InChI is InChI=1S/C30H33N3O7S/c1-4-38-24-16-19(10-15-23(24)34)17-31-33-27(35)18(3)40-21-13-11-20(12-14-21)28(36)32-29-26(30(37)39-5-2)22-8-6-7-9-25(22)41-29/h10-18,34H,4-9H2,1-3H3,(H,32,36)(H,33,35). The zero-order valence-corrected chi connectivity index (χ0v) is 24.0. The Morgan fingerprint density at radius 1 is 1.07 bits per heavy atom. The van der Waals surface area contributed by atoms with Crippen LogP contribution in [0.15, 0.2) is 47.6 Å². The van der Waals surface area contributed by atoms with E-state index in [1.807, 2.05) is 6.92 Å². The molecule has 11 heteroatoms. The number of phenols is 1. The lowest BCUT2D eigenvalue weighted by Crippen LogP contribution is -2.33. The van der Waals surface area contributed by atoms with Crippen LogP contribution in [0.4, 0.5) is 5.00 Å². The van der Waals surface area contributed by atoms with Gasteiger partial charge < -0.3 is 24.6 Å². The second-order valence-corrected chi connectivity index (χ2v) is 10.4. The lowest BCUT2D eigenvalue weighted by molar-refractivity contribution is -0.127. The van der Waals surface area contributed by atoms with E-state index in [-0.39, 0.29) is 18.3 Å². The number of rotatable bonds is 11. The fourth-order valence-corrected chi connectivity index (χ4v) is 5.61. The predicted molar refractivity (Wildman–Crippen MR) is 156 cm³/mol. The van der Waals surface area contributed by atoms with E-state index in [1.54, 1.807) is 50.2 Å². The smallest absolute Gasteiger partial charge is 0.341 e. The van der Waals surface area contributed by atoms with Crippen LogP contribution in [-0.4, -0.2) is 48.4 Å². The Hall–Kier alpha value is -4.38. The summed E-state index contributed by atoms with van der Waals surface area (Å²) in [6.07, 6.45) is 4.30. The van der Waals surface area contributed by atoms with Gasteiger partial charge in [-0.25, -0.2) is 10.2 Å². The number of nitrogens with zero attached hydrogens (tertiary/aromatic N) is 1. The van der Waals surface area contributed by atoms with Crippen molar-refractivity contribution < 1.29 is 33.7 Å². The van der Waals surface area contributed by atoms with Crippen LogP contribution in [-0.2, 0) is 22.4 Å². The van der Waals surface area contributed by atoms with Crippen LogP contribution >= 0.6 is 11.3 Å². The minimum Gasteiger partial charge on any atom is -0.504 e. The second-order valence-electron chi connectivity index (χ2n) is 9.27. The molecule has 0 bridgehead atoms. The number of phenolic OH excluding ortho intramolecular Hbond substituents is 1. The van der Waals surface area contributed by atoms with Crippen molar-refractivity contribution in [3.05, 3.63) is 69.6 Å². The lowest BCUT2D eigenvalue weighted by Gasteiger charge is -2.13. The van der Waals surface area contributed by atoms with Crippen molar-refractivity contribution in [1.82, 2.24) is 5.43 Å². The third-order valence-corrected chi connectivity index (χ3v) is 7.56. The number of fused-ring (bicyclic) bond motifs is 1. The Bertz CT molecular complexity index is 1430. The molecule has 1 aliphatic carbocycles. The zero-order chi connectivity index (χ0) is 29.4. The first-order chi connectivity index (χ1) is 19.8. The predicted octanol–water partition coefficient (Wildman–Crippen LogP) is 5.08. The van der Waals surface area contributed by atoms with Gasteiger partial charge in [0.15, 0.2) is 17.6 Å². The number of thiophene rings is 1. The van der Waals surface area contributed by atoms with E-state index < -0.39 is 18.0 Å². The molecule has 0 saturated carbocycles. The molecule has 1 atom stereocenters. The average Bonchev–Trinajstić information content (AvgIpc) is 3.33. The van der Waals surface area contributed by atoms with E-state index in [0.29, 0.717) is 39.8 Å². The van der Waals surface area contributed by atoms with E-state index >= 15 is 0 Å². The molecule has 1 unspecified atom stereocenters. The topological polar surface area (TPSA) is 136 Å². The normalized spacial score (nSPS) is 13.2. The number of nitrogens with one attached hydrogen (secondary N) is 2. The summed E-state index contributed by atoms with van der Waals surface area (Å²) >= 11 is 1.43. The molecule has 10 nitrogen and oxygen atoms in total. The maximum Gasteiger partial charge on any atom is 0.341 e. The average molecular weight is 580 g/mol. The summed E-state index contributed by atoms with van der Waals surface area (Å²) in [5, 5.41) is 17.1. The first-order valence-electron chi connectivity index (χ1n) is 13.5. The van der Waals surface area contributed by atoms with E-state index in [1.165, 1.54) is 23.6 Å². The van der Waals surface area contributed by atoms with Crippen LogP contribution in [0.25, 0.3) is 0 Å². The van der Waals surface area contributed by atoms with Crippen LogP contribution in [0.2, 0.25) is 0 Å². The van der Waals surface area contributed by atoms with Gasteiger partial charge in [0.2, 0.25) is 0 Å². The molecule has 1 heterocycles. The van der Waals surface area contributed by atoms with Crippen LogP contribution in [0, 0.1) is 0 Å². The molecule has 0 spiro atoms. The number of anilines is 1. The van der Waals surface area contributed by atoms with Gasteiger partial charge in [-0.05, 0) is 100 Å². The van der Waals surface area contributed by atoms with Gasteiger partial charge in [0, 0.05) is 10.4 Å². The monoisotopic (exact) mass is 579 g/mol. The van der Waals surface area contributed by atoms with Crippen molar-refractivity contribution >= 4 is 40.3 Å². The number of aryl methyl sites for hydroxylation is 1.